The molecule has 0 unspecified atom stereocenters. The Bertz CT molecular complexity index is 2620. The lowest BCUT2D eigenvalue weighted by atomic mass is 9.12. The van der Waals surface area contributed by atoms with Crippen LogP contribution in [-0.4, -0.2) is 16.9 Å². The lowest BCUT2D eigenvalue weighted by molar-refractivity contribution is -0.683. The molecule has 6 rings (SSSR count). The van der Waals surface area contributed by atoms with Gasteiger partial charge >= 0.3 is 49.4 Å². The smallest absolute Gasteiger partial charge is 0.287 e. The number of rotatable bonds is 8. The van der Waals surface area contributed by atoms with Crippen LogP contribution in [0.2, 0.25) is 0 Å². The van der Waals surface area contributed by atoms with E-state index in [0.29, 0.717) is 5.56 Å². The van der Waals surface area contributed by atoms with Crippen molar-refractivity contribution >= 4 is 39.5 Å². The van der Waals surface area contributed by atoms with E-state index < -0.39 is 200 Å². The minimum atomic E-state index is -6.13. The second-order valence-corrected chi connectivity index (χ2v) is 16.0. The zero-order valence-electron chi connectivity index (χ0n) is 36.1. The monoisotopic (exact) mass is 1110 g/mol. The number of benzene rings is 5. The molecule has 0 fully saturated rings. The number of ketones is 1. The predicted octanol–water partition coefficient (Wildman–Crippen LogP) is 13.0. The maximum absolute atomic E-state index is 14.2. The van der Waals surface area contributed by atoms with Crippen LogP contribution in [0.15, 0.2) is 128 Å². The van der Waals surface area contributed by atoms with Gasteiger partial charge in [-0.05, 0) is 24.3 Å². The fourth-order valence-corrected chi connectivity index (χ4v) is 7.63. The van der Waals surface area contributed by atoms with E-state index in [4.69, 9.17) is 0 Å². The number of aromatic nitrogens is 1. The Morgan fingerprint density at radius 3 is 0.813 bits per heavy atom. The summed E-state index contributed by atoms with van der Waals surface area (Å²) in [7, 11) is 0. The average Bonchev–Trinajstić information content (AvgIpc) is 3.27. The van der Waals surface area contributed by atoms with E-state index in [2.05, 4.69) is 0 Å². The summed E-state index contributed by atoms with van der Waals surface area (Å²) >= 11 is 0. The Balaban J connectivity index is 0.000000483. The average molecular weight is 1110 g/mol. The maximum Gasteiger partial charge on any atom is 0.416 e. The van der Waals surface area contributed by atoms with Crippen LogP contribution in [0.25, 0.3) is 0 Å². The Hall–Kier alpha value is -7.30. The summed E-state index contributed by atoms with van der Waals surface area (Å²) in [5.41, 5.74) is -29.6. The largest absolute Gasteiger partial charge is 0.416 e. The molecule has 0 saturated heterocycles. The molecule has 75 heavy (non-hydrogen) atoms. The van der Waals surface area contributed by atoms with Gasteiger partial charge < -0.3 is 0 Å². The fourth-order valence-electron chi connectivity index (χ4n) is 7.63. The molecule has 402 valence electrons. The Morgan fingerprint density at radius 2 is 0.613 bits per heavy atom. The summed E-state index contributed by atoms with van der Waals surface area (Å²) in [5, 5.41) is 10.5. The maximum atomic E-state index is 14.2. The van der Waals surface area contributed by atoms with Crippen molar-refractivity contribution in [1.29, 1.82) is 0 Å². The molecule has 0 spiro atoms. The van der Waals surface area contributed by atoms with Crippen LogP contribution in [0, 0.1) is 10.1 Å². The van der Waals surface area contributed by atoms with E-state index in [1.54, 1.807) is 28.8 Å². The highest BCUT2D eigenvalue weighted by atomic mass is 19.4. The lowest BCUT2D eigenvalue weighted by Gasteiger charge is -2.46. The van der Waals surface area contributed by atoms with Gasteiger partial charge in [0.05, 0.1) is 61.6 Å². The first kappa shape index (κ1) is 58.6. The first-order valence-corrected chi connectivity index (χ1v) is 20.0. The number of pyridine rings is 1. The summed E-state index contributed by atoms with van der Waals surface area (Å²) < 4.78 is 342. The number of nitro groups is 1. The molecule has 0 amide bonds. The highest BCUT2D eigenvalue weighted by Gasteiger charge is 2.47. The highest BCUT2D eigenvalue weighted by molar-refractivity contribution is 7.20. The number of halogens is 24. The van der Waals surface area contributed by atoms with Crippen molar-refractivity contribution in [3.63, 3.8) is 0 Å². The van der Waals surface area contributed by atoms with Crippen LogP contribution in [-0.2, 0) is 56.0 Å². The molecule has 0 aliphatic rings. The first-order chi connectivity index (χ1) is 33.9. The molecular weight excluding hydrogens is 1080 g/mol. The first-order valence-electron chi connectivity index (χ1n) is 20.0. The Kier molecular flexibility index (Phi) is 15.7. The third-order valence-electron chi connectivity index (χ3n) is 10.9. The van der Waals surface area contributed by atoms with Crippen molar-refractivity contribution in [1.82, 2.24) is 0 Å². The molecule has 1 heterocycles. The molecule has 0 aliphatic heterocycles. The van der Waals surface area contributed by atoms with Gasteiger partial charge in [-0.1, -0.05) is 78.9 Å². The molecular formula is C45H23BF24N2O3. The molecule has 30 heteroatoms. The van der Waals surface area contributed by atoms with Crippen molar-refractivity contribution in [2.45, 2.75) is 56.0 Å². The zero-order chi connectivity index (χ0) is 56.9. The summed E-state index contributed by atoms with van der Waals surface area (Å²) in [6.45, 7) is 0.169. The van der Waals surface area contributed by atoms with Crippen LogP contribution in [0.3, 0.4) is 0 Å². The molecule has 5 nitrogen and oxygen atoms in total. The van der Waals surface area contributed by atoms with Crippen LogP contribution in [0.1, 0.15) is 54.9 Å². The van der Waals surface area contributed by atoms with Crippen molar-refractivity contribution < 1.29 is 120 Å². The van der Waals surface area contributed by atoms with Gasteiger partial charge in [0, 0.05) is 5.56 Å². The molecule has 0 aliphatic carbocycles. The molecule has 6 aromatic rings. The summed E-state index contributed by atoms with van der Waals surface area (Å²) in [6.07, 6.45) is -51.8. The standard InChI is InChI=1S/C32H12BF24.C13H11N2O3/c34-25(35,36)13-1-14(26(37,38)39)6-21(5-13)33(22-7-15(27(40,41)42)2-16(8-22)28(43,44)45,23-9-17(29(46,47)48)3-18(10-23)30(49,50)51)24-11-19(31(52,53)54)4-20(12-24)32(55,56)57;16-13(11-4-2-1-3-5-11)10-14-8-6-12(7-9-14)15(17)18/h1-12H;1-9H,10H2/q-1;+1. The normalized spacial score (nSPS) is 13.3. The van der Waals surface area contributed by atoms with Gasteiger partial charge in [0.15, 0.2) is 12.4 Å². The van der Waals surface area contributed by atoms with Crippen molar-refractivity contribution in [2.75, 3.05) is 0 Å². The second kappa shape index (κ2) is 20.1. The molecule has 0 saturated carbocycles. The topological polar surface area (TPSA) is 64.1 Å². The molecule has 0 N–H and O–H groups in total. The van der Waals surface area contributed by atoms with Crippen molar-refractivity contribution in [3.8, 4) is 0 Å². The number of hydrogen-bond acceptors (Lipinski definition) is 3. The molecule has 0 atom stereocenters. The van der Waals surface area contributed by atoms with E-state index in [0.717, 1.165) is 0 Å². The molecule has 1 aromatic heterocycles. The van der Waals surface area contributed by atoms with Crippen molar-refractivity contribution in [3.05, 3.63) is 188 Å². The SMILES string of the molecule is FC(F)(F)c1cc([B-](c2cc(C(F)(F)F)cc(C(F)(F)F)c2)(c2cc(C(F)(F)F)cc(C(F)(F)F)c2)c2cc(C(F)(F)F)cc(C(F)(F)F)c2)cc(C(F)(F)F)c1.O=C(C[n+]1ccc([N+](=O)[O-])cc1)c1ccccc1. The summed E-state index contributed by atoms with van der Waals surface area (Å²) in [6, 6.07) is 2.87. The number of carbonyl (C=O) groups excluding carboxylic acids is 1. The van der Waals surface area contributed by atoms with E-state index in [9.17, 15) is 120 Å². The predicted molar refractivity (Wildman–Crippen MR) is 214 cm³/mol. The fraction of sp³-hybridized carbons (Fsp3) is 0.200. The van der Waals surface area contributed by atoms with Gasteiger partial charge in [-0.3, -0.25) is 14.9 Å². The third kappa shape index (κ3) is 13.7. The minimum Gasteiger partial charge on any atom is -0.287 e. The lowest BCUT2D eigenvalue weighted by Crippen LogP contribution is -2.75. The number of Topliss-reactive ketones (excluding diaryl/α,β-unsaturated/α-hetero) is 1. The van der Waals surface area contributed by atoms with E-state index in [1.165, 1.54) is 24.5 Å². The van der Waals surface area contributed by atoms with Gasteiger partial charge in [0.1, 0.15) is 6.15 Å². The molecule has 0 bridgehead atoms. The molecule has 5 aromatic carbocycles. The van der Waals surface area contributed by atoms with Crippen LogP contribution in [0.5, 0.6) is 0 Å². The van der Waals surface area contributed by atoms with Crippen LogP contribution < -0.4 is 26.4 Å². The van der Waals surface area contributed by atoms with Crippen LogP contribution >= 0.6 is 0 Å². The van der Waals surface area contributed by atoms with E-state index in [1.807, 2.05) is 6.07 Å². The van der Waals surface area contributed by atoms with Crippen molar-refractivity contribution in [2.24, 2.45) is 0 Å². The Morgan fingerprint density at radius 1 is 0.387 bits per heavy atom. The molecule has 0 radical (unpaired) electrons. The second-order valence-electron chi connectivity index (χ2n) is 16.0. The number of carbonyl (C=O) groups is 1. The van der Waals surface area contributed by atoms with Gasteiger partial charge in [0.25, 0.3) is 5.69 Å². The van der Waals surface area contributed by atoms with Gasteiger partial charge in [-0.2, -0.15) is 132 Å². The third-order valence-corrected chi connectivity index (χ3v) is 10.9. The highest BCUT2D eigenvalue weighted by Crippen LogP contribution is 2.41. The zero-order valence-corrected chi connectivity index (χ0v) is 36.1. The van der Waals surface area contributed by atoms with Crippen LogP contribution in [0.4, 0.5) is 111 Å². The quantitative estimate of drug-likeness (QED) is 0.0381. The van der Waals surface area contributed by atoms with Gasteiger partial charge in [0.2, 0.25) is 12.3 Å². The van der Waals surface area contributed by atoms with E-state index >= 15 is 0 Å². The van der Waals surface area contributed by atoms with Gasteiger partial charge in [-0.25, -0.2) is 0 Å². The summed E-state index contributed by atoms with van der Waals surface area (Å²) in [5.74, 6) is -0.0329. The minimum absolute atomic E-state index is 0.0124. The number of alkyl halides is 24. The number of hydrogen-bond donors (Lipinski definition) is 0. The van der Waals surface area contributed by atoms with Gasteiger partial charge in [-0.15, -0.1) is 0 Å². The summed E-state index contributed by atoms with van der Waals surface area (Å²) in [4.78, 5) is 21.9. The van der Waals surface area contributed by atoms with E-state index in [-0.39, 0.29) is 18.0 Å². The Labute approximate surface area is 402 Å². The number of nitrogens with zero attached hydrogens (tertiary/aromatic N) is 2.